The molecule has 0 fully saturated rings. The first-order valence-corrected chi connectivity index (χ1v) is 3.73. The summed E-state index contributed by atoms with van der Waals surface area (Å²) < 4.78 is 0. The number of hydrogen-bond acceptors (Lipinski definition) is 2. The Morgan fingerprint density at radius 3 is 2.58 bits per heavy atom. The molecule has 0 spiro atoms. The van der Waals surface area contributed by atoms with Gasteiger partial charge in [0.1, 0.15) is 0 Å². The maximum absolute atomic E-state index is 8.24. The van der Waals surface area contributed by atoms with Crippen LogP contribution in [0.5, 0.6) is 0 Å². The van der Waals surface area contributed by atoms with Crippen molar-refractivity contribution < 1.29 is 5.21 Å². The van der Waals surface area contributed by atoms with Crippen molar-refractivity contribution in [2.45, 2.75) is 6.92 Å². The summed E-state index contributed by atoms with van der Waals surface area (Å²) in [4.78, 5) is 0. The first-order valence-electron chi connectivity index (χ1n) is 3.73. The van der Waals surface area contributed by atoms with Crippen molar-refractivity contribution in [2.75, 3.05) is 0 Å². The molecular formula is C10H11NO. The molecule has 2 heteroatoms. The van der Waals surface area contributed by atoms with E-state index in [4.69, 9.17) is 5.21 Å². The van der Waals surface area contributed by atoms with Crippen LogP contribution in [0.1, 0.15) is 12.5 Å². The van der Waals surface area contributed by atoms with E-state index in [1.54, 1.807) is 0 Å². The van der Waals surface area contributed by atoms with E-state index in [1.807, 2.05) is 43.3 Å². The van der Waals surface area contributed by atoms with Gasteiger partial charge in [0.05, 0.1) is 6.21 Å². The second-order valence-corrected chi connectivity index (χ2v) is 2.54. The zero-order valence-corrected chi connectivity index (χ0v) is 6.94. The van der Waals surface area contributed by atoms with Crippen LogP contribution in [0.3, 0.4) is 0 Å². The summed E-state index contributed by atoms with van der Waals surface area (Å²) in [7, 11) is 0. The Morgan fingerprint density at radius 1 is 1.33 bits per heavy atom. The quantitative estimate of drug-likeness (QED) is 0.403. The van der Waals surface area contributed by atoms with E-state index in [2.05, 4.69) is 5.16 Å². The molecule has 0 aliphatic carbocycles. The van der Waals surface area contributed by atoms with Crippen LogP contribution in [0.15, 0.2) is 41.1 Å². The molecule has 1 rings (SSSR count). The van der Waals surface area contributed by atoms with E-state index in [9.17, 15) is 0 Å². The topological polar surface area (TPSA) is 32.6 Å². The molecule has 1 aromatic carbocycles. The van der Waals surface area contributed by atoms with Gasteiger partial charge in [0.25, 0.3) is 0 Å². The molecule has 0 unspecified atom stereocenters. The van der Waals surface area contributed by atoms with Crippen molar-refractivity contribution in [3.05, 3.63) is 41.5 Å². The molecule has 0 atom stereocenters. The van der Waals surface area contributed by atoms with Crippen LogP contribution in [-0.4, -0.2) is 11.4 Å². The fraction of sp³-hybridized carbons (Fsp3) is 0.100. The second kappa shape index (κ2) is 4.34. The summed E-state index contributed by atoms with van der Waals surface area (Å²) in [5.41, 5.74) is 2.03. The monoisotopic (exact) mass is 161 g/mol. The Balaban J connectivity index is 2.81. The highest BCUT2D eigenvalue weighted by Crippen LogP contribution is 2.03. The third-order valence-corrected chi connectivity index (χ3v) is 1.46. The molecule has 0 amide bonds. The van der Waals surface area contributed by atoms with Crippen LogP contribution in [0.2, 0.25) is 0 Å². The predicted molar refractivity (Wildman–Crippen MR) is 50.4 cm³/mol. The molecule has 0 aromatic heterocycles. The van der Waals surface area contributed by atoms with Gasteiger partial charge in [-0.3, -0.25) is 0 Å². The lowest BCUT2D eigenvalue weighted by Gasteiger charge is -1.92. The third kappa shape index (κ3) is 2.58. The number of allylic oxidation sites excluding steroid dienone is 1. The van der Waals surface area contributed by atoms with Crippen molar-refractivity contribution in [1.29, 1.82) is 0 Å². The van der Waals surface area contributed by atoms with Crippen molar-refractivity contribution >= 4 is 12.3 Å². The molecule has 0 aliphatic heterocycles. The van der Waals surface area contributed by atoms with Gasteiger partial charge in [-0.2, -0.15) is 0 Å². The number of rotatable bonds is 2. The van der Waals surface area contributed by atoms with E-state index >= 15 is 0 Å². The van der Waals surface area contributed by atoms with Gasteiger partial charge >= 0.3 is 0 Å². The molecule has 0 heterocycles. The summed E-state index contributed by atoms with van der Waals surface area (Å²) in [6, 6.07) is 9.89. The third-order valence-electron chi connectivity index (χ3n) is 1.46. The highest BCUT2D eigenvalue weighted by Gasteiger charge is 1.85. The van der Waals surface area contributed by atoms with E-state index in [0.29, 0.717) is 0 Å². The lowest BCUT2D eigenvalue weighted by atomic mass is 10.1. The molecule has 0 aliphatic rings. The summed E-state index contributed by atoms with van der Waals surface area (Å²) in [5.74, 6) is 0. The Labute approximate surface area is 71.8 Å². The van der Waals surface area contributed by atoms with Gasteiger partial charge in [-0.25, -0.2) is 0 Å². The lowest BCUT2D eigenvalue weighted by molar-refractivity contribution is 0.321. The van der Waals surface area contributed by atoms with Gasteiger partial charge in [-0.1, -0.05) is 41.6 Å². The molecule has 12 heavy (non-hydrogen) atoms. The minimum atomic E-state index is 0.920. The van der Waals surface area contributed by atoms with Gasteiger partial charge in [0, 0.05) is 0 Å². The smallest absolute Gasteiger partial charge is 0.0690 e. The predicted octanol–water partition coefficient (Wildman–Crippen LogP) is 2.55. The fourth-order valence-electron chi connectivity index (χ4n) is 0.940. The normalized spacial score (nSPS) is 12.2. The Hall–Kier alpha value is -1.57. The van der Waals surface area contributed by atoms with Crippen LogP contribution in [-0.2, 0) is 0 Å². The zero-order chi connectivity index (χ0) is 8.81. The van der Waals surface area contributed by atoms with E-state index < -0.39 is 0 Å². The first-order chi connectivity index (χ1) is 5.83. The average molecular weight is 161 g/mol. The van der Waals surface area contributed by atoms with Crippen molar-refractivity contribution in [2.24, 2.45) is 5.16 Å². The SMILES string of the molecule is CC(C=NO)=Cc1ccccc1. The van der Waals surface area contributed by atoms with Gasteiger partial charge in [0.2, 0.25) is 0 Å². The summed E-state index contributed by atoms with van der Waals surface area (Å²) in [5, 5.41) is 11.2. The van der Waals surface area contributed by atoms with Crippen molar-refractivity contribution in [3.8, 4) is 0 Å². The molecule has 1 aromatic rings. The summed E-state index contributed by atoms with van der Waals surface area (Å²) >= 11 is 0. The summed E-state index contributed by atoms with van der Waals surface area (Å²) in [6.45, 7) is 1.88. The Kier molecular flexibility index (Phi) is 3.08. The van der Waals surface area contributed by atoms with Crippen LogP contribution in [0, 0.1) is 0 Å². The second-order valence-electron chi connectivity index (χ2n) is 2.54. The highest BCUT2D eigenvalue weighted by atomic mass is 16.4. The Bertz CT molecular complexity index is 288. The molecular weight excluding hydrogens is 150 g/mol. The fourth-order valence-corrected chi connectivity index (χ4v) is 0.940. The Morgan fingerprint density at radius 2 is 2.00 bits per heavy atom. The number of hydrogen-bond donors (Lipinski definition) is 1. The van der Waals surface area contributed by atoms with E-state index in [1.165, 1.54) is 6.21 Å². The lowest BCUT2D eigenvalue weighted by Crippen LogP contribution is -1.77. The highest BCUT2D eigenvalue weighted by molar-refractivity contribution is 5.84. The van der Waals surface area contributed by atoms with Crippen molar-refractivity contribution in [1.82, 2.24) is 0 Å². The molecule has 0 radical (unpaired) electrons. The maximum atomic E-state index is 8.24. The van der Waals surface area contributed by atoms with E-state index in [-0.39, 0.29) is 0 Å². The molecule has 0 saturated carbocycles. The average Bonchev–Trinajstić information content (AvgIpc) is 2.06. The minimum absolute atomic E-state index is 0.920. The standard InChI is InChI=1S/C10H11NO/c1-9(8-11-12)7-10-5-3-2-4-6-10/h2-8,12H,1H3. The van der Waals surface area contributed by atoms with Crippen LogP contribution in [0.25, 0.3) is 6.08 Å². The number of benzene rings is 1. The van der Waals surface area contributed by atoms with E-state index in [0.717, 1.165) is 11.1 Å². The van der Waals surface area contributed by atoms with Gasteiger partial charge in [-0.05, 0) is 18.1 Å². The van der Waals surface area contributed by atoms with Crippen LogP contribution >= 0.6 is 0 Å². The molecule has 62 valence electrons. The van der Waals surface area contributed by atoms with Crippen LogP contribution < -0.4 is 0 Å². The van der Waals surface area contributed by atoms with Gasteiger partial charge in [0.15, 0.2) is 0 Å². The minimum Gasteiger partial charge on any atom is -0.411 e. The molecule has 1 N–H and O–H groups in total. The maximum Gasteiger partial charge on any atom is 0.0690 e. The molecule has 2 nitrogen and oxygen atoms in total. The van der Waals surface area contributed by atoms with Crippen molar-refractivity contribution in [3.63, 3.8) is 0 Å². The molecule has 0 saturated heterocycles. The number of nitrogens with zero attached hydrogens (tertiary/aromatic N) is 1. The van der Waals surface area contributed by atoms with Gasteiger partial charge in [-0.15, -0.1) is 0 Å². The van der Waals surface area contributed by atoms with Gasteiger partial charge < -0.3 is 5.21 Å². The molecule has 0 bridgehead atoms. The first kappa shape index (κ1) is 8.53. The summed E-state index contributed by atoms with van der Waals surface area (Å²) in [6.07, 6.45) is 3.35. The zero-order valence-electron chi connectivity index (χ0n) is 6.94. The van der Waals surface area contributed by atoms with Crippen LogP contribution in [0.4, 0.5) is 0 Å². The number of oxime groups is 1. The largest absolute Gasteiger partial charge is 0.411 e.